The highest BCUT2D eigenvalue weighted by Gasteiger charge is 2.40. The molecule has 4 heterocycles. The van der Waals surface area contributed by atoms with Crippen LogP contribution in [0.15, 0.2) is 16.9 Å². The maximum atomic E-state index is 11.6. The van der Waals surface area contributed by atoms with Crippen LogP contribution in [0.1, 0.15) is 25.7 Å². The van der Waals surface area contributed by atoms with Crippen molar-refractivity contribution in [2.75, 3.05) is 4.90 Å². The van der Waals surface area contributed by atoms with Gasteiger partial charge in [0.05, 0.1) is 0 Å². The molecule has 2 saturated heterocycles. The summed E-state index contributed by atoms with van der Waals surface area (Å²) in [6, 6.07) is 4.89. The molecular weight excluding hydrogens is 310 g/mol. The van der Waals surface area contributed by atoms with Crippen LogP contribution in [0.3, 0.4) is 0 Å². The first-order valence-corrected chi connectivity index (χ1v) is 7.51. The predicted molar refractivity (Wildman–Crippen MR) is 74.8 cm³/mol. The molecule has 1 N–H and O–H groups in total. The van der Waals surface area contributed by atoms with Crippen LogP contribution < -0.4 is 10.6 Å². The number of H-pyrrole nitrogens is 1. The number of rotatable bonds is 1. The van der Waals surface area contributed by atoms with E-state index < -0.39 is 0 Å². The Hall–Kier alpha value is -1.37. The van der Waals surface area contributed by atoms with Crippen molar-refractivity contribution in [1.82, 2.24) is 19.8 Å². The highest BCUT2D eigenvalue weighted by molar-refractivity contribution is 9.09. The normalized spacial score (nSPS) is 30.2. The van der Waals surface area contributed by atoms with Crippen LogP contribution in [0.2, 0.25) is 0 Å². The standard InChI is InChI=1S/C12H14BrN5O/c13-7-5-8-1-2-9(6-7)17(8)11-4-3-10-14-15-12(19)18(10)16-11/h3-4,7-9H,1-2,5-6H2,(H,15,19). The Morgan fingerprint density at radius 3 is 2.74 bits per heavy atom. The van der Waals surface area contributed by atoms with E-state index in [1.54, 1.807) is 0 Å². The Labute approximate surface area is 117 Å². The SMILES string of the molecule is O=c1[nH]nc2ccc(N3C4CCC3CC(Br)C4)nn12. The molecule has 0 radical (unpaired) electrons. The number of aromatic amines is 1. The lowest BCUT2D eigenvalue weighted by Crippen LogP contribution is -2.44. The molecule has 19 heavy (non-hydrogen) atoms. The Morgan fingerprint density at radius 2 is 2.00 bits per heavy atom. The van der Waals surface area contributed by atoms with Crippen LogP contribution in [0.25, 0.3) is 5.65 Å². The van der Waals surface area contributed by atoms with Gasteiger partial charge in [-0.1, -0.05) is 15.9 Å². The third kappa shape index (κ3) is 1.71. The monoisotopic (exact) mass is 323 g/mol. The molecule has 2 unspecified atom stereocenters. The molecule has 2 atom stereocenters. The van der Waals surface area contributed by atoms with Gasteiger partial charge in [-0.05, 0) is 37.8 Å². The number of piperidine rings is 1. The second kappa shape index (κ2) is 4.06. The molecule has 2 aromatic rings. The van der Waals surface area contributed by atoms with Crippen molar-refractivity contribution in [2.45, 2.75) is 42.6 Å². The van der Waals surface area contributed by atoms with Crippen LogP contribution in [-0.2, 0) is 0 Å². The number of hydrogen-bond acceptors (Lipinski definition) is 4. The molecule has 0 amide bonds. The topological polar surface area (TPSA) is 66.3 Å². The van der Waals surface area contributed by atoms with E-state index >= 15 is 0 Å². The average Bonchev–Trinajstić information content (AvgIpc) is 2.89. The number of alkyl halides is 1. The second-order valence-corrected chi connectivity index (χ2v) is 6.65. The van der Waals surface area contributed by atoms with Crippen LogP contribution in [-0.4, -0.2) is 36.7 Å². The van der Waals surface area contributed by atoms with Gasteiger partial charge in [-0.3, -0.25) is 0 Å². The van der Waals surface area contributed by atoms with Gasteiger partial charge in [-0.2, -0.15) is 9.61 Å². The van der Waals surface area contributed by atoms with E-state index in [2.05, 4.69) is 36.1 Å². The van der Waals surface area contributed by atoms with Crippen molar-refractivity contribution in [2.24, 2.45) is 0 Å². The minimum absolute atomic E-state index is 0.278. The number of nitrogens with one attached hydrogen (secondary N) is 1. The molecule has 7 heteroatoms. The summed E-state index contributed by atoms with van der Waals surface area (Å²) in [4.78, 5) is 14.6. The molecule has 0 spiro atoms. The molecule has 6 nitrogen and oxygen atoms in total. The summed E-state index contributed by atoms with van der Waals surface area (Å²) >= 11 is 3.74. The van der Waals surface area contributed by atoms with E-state index in [1.807, 2.05) is 12.1 Å². The van der Waals surface area contributed by atoms with Crippen molar-refractivity contribution in [3.05, 3.63) is 22.6 Å². The quantitative estimate of drug-likeness (QED) is 0.804. The van der Waals surface area contributed by atoms with Gasteiger partial charge in [0.2, 0.25) is 0 Å². The van der Waals surface area contributed by atoms with Crippen molar-refractivity contribution in [1.29, 1.82) is 0 Å². The van der Waals surface area contributed by atoms with Gasteiger partial charge in [0.1, 0.15) is 5.82 Å². The molecule has 100 valence electrons. The third-order valence-electron chi connectivity index (χ3n) is 4.20. The third-order valence-corrected chi connectivity index (χ3v) is 4.95. The summed E-state index contributed by atoms with van der Waals surface area (Å²) in [5, 5.41) is 10.8. The molecule has 2 bridgehead atoms. The zero-order valence-electron chi connectivity index (χ0n) is 10.3. The maximum Gasteiger partial charge on any atom is 0.364 e. The Balaban J connectivity index is 1.78. The number of aromatic nitrogens is 4. The molecule has 0 saturated carbocycles. The first-order valence-electron chi connectivity index (χ1n) is 6.59. The first-order chi connectivity index (χ1) is 9.22. The Bertz CT molecular complexity index is 666. The molecule has 2 aliphatic heterocycles. The summed E-state index contributed by atoms with van der Waals surface area (Å²) in [6.07, 6.45) is 4.73. The second-order valence-electron chi connectivity index (χ2n) is 5.35. The summed E-state index contributed by atoms with van der Waals surface area (Å²) in [5.41, 5.74) is 0.288. The molecule has 2 aliphatic rings. The first kappa shape index (κ1) is 11.5. The van der Waals surface area contributed by atoms with Gasteiger partial charge < -0.3 is 4.90 Å². The Morgan fingerprint density at radius 1 is 1.26 bits per heavy atom. The fourth-order valence-corrected chi connectivity index (χ4v) is 4.28. The summed E-state index contributed by atoms with van der Waals surface area (Å²) in [6.45, 7) is 0. The van der Waals surface area contributed by atoms with Gasteiger partial charge in [-0.25, -0.2) is 9.89 Å². The molecule has 2 fully saturated rings. The highest BCUT2D eigenvalue weighted by atomic mass is 79.9. The minimum atomic E-state index is -0.278. The van der Waals surface area contributed by atoms with Crippen LogP contribution in [0, 0.1) is 0 Å². The molecule has 2 aromatic heterocycles. The van der Waals surface area contributed by atoms with E-state index in [0.29, 0.717) is 22.6 Å². The van der Waals surface area contributed by atoms with Crippen molar-refractivity contribution in [3.63, 3.8) is 0 Å². The smallest absolute Gasteiger partial charge is 0.349 e. The zero-order chi connectivity index (χ0) is 13.0. The fourth-order valence-electron chi connectivity index (χ4n) is 3.42. The number of anilines is 1. The minimum Gasteiger partial charge on any atom is -0.349 e. The number of fused-ring (bicyclic) bond motifs is 3. The Kier molecular flexibility index (Phi) is 2.45. The number of hydrogen-bond donors (Lipinski definition) is 1. The summed E-state index contributed by atoms with van der Waals surface area (Å²) in [7, 11) is 0. The number of nitrogens with zero attached hydrogens (tertiary/aromatic N) is 4. The van der Waals surface area contributed by atoms with Crippen molar-refractivity contribution >= 4 is 27.4 Å². The lowest BCUT2D eigenvalue weighted by Gasteiger charge is -2.37. The van der Waals surface area contributed by atoms with Crippen molar-refractivity contribution < 1.29 is 0 Å². The molecule has 4 rings (SSSR count). The molecule has 0 aromatic carbocycles. The van der Waals surface area contributed by atoms with Gasteiger partial charge in [0, 0.05) is 16.9 Å². The maximum absolute atomic E-state index is 11.6. The largest absolute Gasteiger partial charge is 0.364 e. The van der Waals surface area contributed by atoms with Crippen LogP contribution in [0.5, 0.6) is 0 Å². The molecule has 0 aliphatic carbocycles. The summed E-state index contributed by atoms with van der Waals surface area (Å²) in [5.74, 6) is 0.892. The van der Waals surface area contributed by atoms with Gasteiger partial charge in [0.25, 0.3) is 0 Å². The van der Waals surface area contributed by atoms with Gasteiger partial charge in [-0.15, -0.1) is 5.10 Å². The highest BCUT2D eigenvalue weighted by Crippen LogP contribution is 2.40. The van der Waals surface area contributed by atoms with Crippen LogP contribution >= 0.6 is 15.9 Å². The van der Waals surface area contributed by atoms with Crippen LogP contribution in [0.4, 0.5) is 5.82 Å². The fraction of sp³-hybridized carbons (Fsp3) is 0.583. The summed E-state index contributed by atoms with van der Waals surface area (Å²) < 4.78 is 1.34. The van der Waals surface area contributed by atoms with E-state index in [4.69, 9.17) is 0 Å². The van der Waals surface area contributed by atoms with E-state index in [1.165, 1.54) is 17.4 Å². The number of halogens is 1. The lowest BCUT2D eigenvalue weighted by atomic mass is 10.0. The van der Waals surface area contributed by atoms with E-state index in [9.17, 15) is 4.79 Å². The van der Waals surface area contributed by atoms with Gasteiger partial charge >= 0.3 is 5.69 Å². The van der Waals surface area contributed by atoms with E-state index in [-0.39, 0.29) is 5.69 Å². The average molecular weight is 324 g/mol. The zero-order valence-corrected chi connectivity index (χ0v) is 11.9. The van der Waals surface area contributed by atoms with E-state index in [0.717, 1.165) is 18.7 Å². The van der Waals surface area contributed by atoms with Gasteiger partial charge in [0.15, 0.2) is 5.65 Å². The predicted octanol–water partition coefficient (Wildman–Crippen LogP) is 1.31. The van der Waals surface area contributed by atoms with Crippen molar-refractivity contribution in [3.8, 4) is 0 Å². The lowest BCUT2D eigenvalue weighted by molar-refractivity contribution is 0.477. The molecular formula is C12H14BrN5O.